The third-order valence-corrected chi connectivity index (χ3v) is 21.5. The number of ether oxygens (including phenoxy) is 3. The van der Waals surface area contributed by atoms with Crippen LogP contribution in [-0.4, -0.2) is 116 Å². The second kappa shape index (κ2) is 46.4. The van der Waals surface area contributed by atoms with Crippen LogP contribution in [0, 0.1) is 5.92 Å². The van der Waals surface area contributed by atoms with Gasteiger partial charge in [0.1, 0.15) is 23.2 Å². The summed E-state index contributed by atoms with van der Waals surface area (Å²) in [6.07, 6.45) is 26.6. The van der Waals surface area contributed by atoms with E-state index in [0.29, 0.717) is 59.9 Å². The van der Waals surface area contributed by atoms with Crippen molar-refractivity contribution in [1.82, 2.24) is 94.7 Å². The first-order chi connectivity index (χ1) is 56.2. The van der Waals surface area contributed by atoms with Gasteiger partial charge < -0.3 is 38.1 Å². The van der Waals surface area contributed by atoms with Gasteiger partial charge in [0.15, 0.2) is 4.96 Å². The van der Waals surface area contributed by atoms with Crippen LogP contribution in [0.5, 0.6) is 5.88 Å². The first kappa shape index (κ1) is 92.0. The summed E-state index contributed by atoms with van der Waals surface area (Å²) in [4.78, 5) is 17.8. The fraction of sp³-hybridized carbons (Fsp3) is 0.598. The van der Waals surface area contributed by atoms with E-state index in [2.05, 4.69) is 254 Å². The number of nitrogens with zero attached hydrogens (tertiary/aromatic N) is 15. The molecule has 0 saturated heterocycles. The number of benzene rings is 1. The minimum Gasteiger partial charge on any atom is -0.478 e. The molecule has 24 nitrogen and oxygen atoms in total. The summed E-state index contributed by atoms with van der Waals surface area (Å²) in [5.41, 5.74) is 20.9. The molecular weight excluding hydrogens is 1480 g/mol. The van der Waals surface area contributed by atoms with Crippen LogP contribution in [-0.2, 0) is 93.8 Å². The van der Waals surface area contributed by atoms with Crippen molar-refractivity contribution in [3.8, 4) is 5.88 Å². The molecule has 2 aliphatic carbocycles. The Bertz CT molecular complexity index is 4360. The van der Waals surface area contributed by atoms with Gasteiger partial charge in [0.25, 0.3) is 0 Å². The molecule has 5 aliphatic heterocycles. The number of H-pyrrole nitrogens is 3. The minimum absolute atomic E-state index is 0.430. The lowest BCUT2D eigenvalue weighted by Gasteiger charge is -2.13. The molecule has 16 heterocycles. The highest BCUT2D eigenvalue weighted by molar-refractivity contribution is 7.15. The molecular formula is C92H139N19O5S. The highest BCUT2D eigenvalue weighted by Crippen LogP contribution is 2.31. The molecule has 25 heteroatoms. The molecule has 11 aromatic heterocycles. The lowest BCUT2D eigenvalue weighted by molar-refractivity contribution is 0.102. The van der Waals surface area contributed by atoms with E-state index in [1.165, 1.54) is 138 Å². The van der Waals surface area contributed by atoms with E-state index in [4.69, 9.17) is 23.3 Å². The van der Waals surface area contributed by atoms with Crippen molar-refractivity contribution in [2.75, 3.05) is 26.4 Å². The van der Waals surface area contributed by atoms with Gasteiger partial charge in [0.05, 0.1) is 96.2 Å². The van der Waals surface area contributed by atoms with Crippen LogP contribution in [0.15, 0.2) is 93.9 Å². The third-order valence-electron chi connectivity index (χ3n) is 20.7. The number of aromatic nitrogens is 18. The molecule has 0 saturated carbocycles. The topological polar surface area (TPSA) is 274 Å². The maximum atomic E-state index is 5.45. The molecule has 0 amide bonds. The number of imidazole rings is 3. The van der Waals surface area contributed by atoms with Gasteiger partial charge in [-0.15, -0.1) is 11.3 Å². The van der Waals surface area contributed by atoms with E-state index in [0.717, 1.165) is 147 Å². The highest BCUT2D eigenvalue weighted by Gasteiger charge is 2.25. The Morgan fingerprint density at radius 1 is 0.479 bits per heavy atom. The Labute approximate surface area is 700 Å². The number of nitrogens with one attached hydrogen (secondary N) is 4. The largest absolute Gasteiger partial charge is 0.478 e. The van der Waals surface area contributed by atoms with Crippen molar-refractivity contribution in [1.29, 1.82) is 0 Å². The zero-order valence-corrected chi connectivity index (χ0v) is 75.3. The van der Waals surface area contributed by atoms with Crippen LogP contribution in [0.1, 0.15) is 352 Å². The number of fused-ring (bicyclic) bond motifs is 9. The van der Waals surface area contributed by atoms with Gasteiger partial charge in [-0.3, -0.25) is 19.3 Å². The van der Waals surface area contributed by atoms with Gasteiger partial charge in [-0.2, -0.15) is 30.6 Å². The lowest BCUT2D eigenvalue weighted by atomic mass is 9.93. The van der Waals surface area contributed by atoms with Gasteiger partial charge in [-0.25, -0.2) is 19.6 Å². The Hall–Kier alpha value is -8.91. The number of hydrogen-bond donors (Lipinski definition) is 4. The molecule has 0 spiro atoms. The van der Waals surface area contributed by atoms with E-state index < -0.39 is 0 Å². The number of para-hydroxylation sites is 2. The van der Waals surface area contributed by atoms with Crippen LogP contribution in [0.25, 0.3) is 16.0 Å². The van der Waals surface area contributed by atoms with Crippen LogP contribution < -0.4 is 10.1 Å². The summed E-state index contributed by atoms with van der Waals surface area (Å²) in [6, 6.07) is 16.1. The molecule has 12 aromatic rings. The first-order valence-corrected chi connectivity index (χ1v) is 44.5. The molecule has 1 aromatic carbocycles. The quantitative estimate of drug-likeness (QED) is 0.105. The summed E-state index contributed by atoms with van der Waals surface area (Å²) in [6.45, 7) is 54.3. The van der Waals surface area contributed by atoms with E-state index in [9.17, 15) is 0 Å². The SMILES string of the molecule is CC(C)C.CC(C)c1cc2n(n1)CCCO2.CC(C)c1cccnn1.CC(C)c1cn2c(n1)CNCC2.CC(C)c1cn2ccsc2n1.CC(C)c1n[nH]c2c1CCCC2.CC(C)c1n[nH]c2c1COCC2.CC(C)c1nc2ccccc2[nH]1.CC(C)c1noc2c1CCCC2.CC(C)c1noc2c1COCC2.c1cc2n(n1)CCCC2. The van der Waals surface area contributed by atoms with E-state index in [-0.39, 0.29) is 0 Å². The van der Waals surface area contributed by atoms with Crippen LogP contribution in [0.4, 0.5) is 0 Å². The van der Waals surface area contributed by atoms with Gasteiger partial charge in [0, 0.05) is 134 Å². The second-order valence-corrected chi connectivity index (χ2v) is 35.4. The van der Waals surface area contributed by atoms with Crippen molar-refractivity contribution in [2.45, 2.75) is 328 Å². The van der Waals surface area contributed by atoms with Gasteiger partial charge in [-0.05, 0) is 153 Å². The van der Waals surface area contributed by atoms with E-state index in [1.54, 1.807) is 17.5 Å². The predicted octanol–water partition coefficient (Wildman–Crippen LogP) is 21.2. The smallest absolute Gasteiger partial charge is 0.211 e. The number of rotatable bonds is 9. The summed E-state index contributed by atoms with van der Waals surface area (Å²) in [5.74, 6) is 10.7. The first-order valence-electron chi connectivity index (χ1n) is 43.6. The molecule has 19 rings (SSSR count). The predicted molar refractivity (Wildman–Crippen MR) is 470 cm³/mol. The fourth-order valence-corrected chi connectivity index (χ4v) is 14.8. The summed E-state index contributed by atoms with van der Waals surface area (Å²) in [5, 5.41) is 44.7. The van der Waals surface area contributed by atoms with Crippen molar-refractivity contribution >= 4 is 27.3 Å². The fourth-order valence-electron chi connectivity index (χ4n) is 14.0. The molecule has 0 unspecified atom stereocenters. The molecule has 4 N–H and O–H groups in total. The van der Waals surface area contributed by atoms with Crippen LogP contribution >= 0.6 is 11.3 Å². The average molecular weight is 1620 g/mol. The normalized spacial score (nSPS) is 14.8. The molecule has 0 radical (unpaired) electrons. The molecule has 7 aliphatic rings. The Morgan fingerprint density at radius 3 is 1.69 bits per heavy atom. The van der Waals surface area contributed by atoms with Gasteiger partial charge in [-0.1, -0.05) is 168 Å². The monoisotopic (exact) mass is 1620 g/mol. The number of aromatic amines is 3. The molecule has 117 heavy (non-hydrogen) atoms. The summed E-state index contributed by atoms with van der Waals surface area (Å²) < 4.78 is 35.1. The maximum absolute atomic E-state index is 5.45. The third kappa shape index (κ3) is 27.6. The molecule has 0 bridgehead atoms. The maximum Gasteiger partial charge on any atom is 0.211 e. The van der Waals surface area contributed by atoms with Crippen molar-refractivity contribution in [3.05, 3.63) is 193 Å². The molecule has 0 fully saturated rings. The summed E-state index contributed by atoms with van der Waals surface area (Å²) >= 11 is 1.68. The Balaban J connectivity index is 0.000000148. The van der Waals surface area contributed by atoms with Crippen LogP contribution in [0.2, 0.25) is 0 Å². The number of thiazole rings is 1. The van der Waals surface area contributed by atoms with Crippen molar-refractivity contribution in [3.63, 3.8) is 0 Å². The number of aryl methyl sites for hydroxylation is 5. The van der Waals surface area contributed by atoms with Gasteiger partial charge >= 0.3 is 0 Å². The van der Waals surface area contributed by atoms with Crippen molar-refractivity contribution in [2.24, 2.45) is 5.92 Å². The van der Waals surface area contributed by atoms with Crippen molar-refractivity contribution < 1.29 is 23.3 Å². The van der Waals surface area contributed by atoms with Crippen LogP contribution in [0.3, 0.4) is 0 Å². The minimum atomic E-state index is 0.430. The van der Waals surface area contributed by atoms with E-state index >= 15 is 0 Å². The van der Waals surface area contributed by atoms with E-state index in [1.807, 2.05) is 64.9 Å². The second-order valence-electron chi connectivity index (χ2n) is 34.5. The Kier molecular flexibility index (Phi) is 36.5. The molecule has 0 atom stereocenters. The lowest BCUT2D eigenvalue weighted by Crippen LogP contribution is -2.27. The van der Waals surface area contributed by atoms with Gasteiger partial charge in [0.2, 0.25) is 5.88 Å². The summed E-state index contributed by atoms with van der Waals surface area (Å²) in [7, 11) is 0. The average Bonchev–Trinajstić information content (AvgIpc) is 1.67. The zero-order valence-electron chi connectivity index (χ0n) is 74.5. The molecule has 638 valence electrons. The zero-order chi connectivity index (χ0) is 84.1. The highest BCUT2D eigenvalue weighted by atomic mass is 32.1. The standard InChI is InChI=1S/C10H12N2.C10H16N2.C10H15NO.C9H15N3.2C9H14N2O.C9H13NO2.C8H10N2S.2C7H10N2.C4H10/c1-7(2)10-11-8-5-3-4-6-9(8)12-10;1-7(2)10-8-5-3-4-6-9(8)11-12-10;1-7(2)10-8-5-3-4-6-9(8)12-11-10;1-7(2)8-6-12-4-3-10-5-9(12)11-8;1-6(2)9-7-5-12-4-3-8(7)10-11-9;1-7(2)8-6-9-11(10-8)4-3-5-12-9;1-6(2)9-7-5-11-4-3-8(7)12-10-9;1-6(2)7-5-10-3-4-11-8(10)9-7;1-2-6-9-7(3-1)4-5-8-9;1-6(2)7-4-3-5-8-9-7;1-4(2)3/h3-7H,1-2H3,(H,11,12);7H,3-6H2,1-2H3,(H,11,12);7H,3-6H2,1-2H3;6-7,10H,3-5H2,1-2H3;6H,3-5H2,1-2H3,(H,10,11);6-7H,3-5H2,1-2H3;6H,3-5H2,1-2H3;3-6H,1-2H3;4-5H,1-3,6H2;3-6H,1-2H3;4H,1-3H3. The Morgan fingerprint density at radius 2 is 1.08 bits per heavy atom. The number of hydrogen-bond acceptors (Lipinski definition) is 18.